The summed E-state index contributed by atoms with van der Waals surface area (Å²) in [4.78, 5) is 28.8. The van der Waals surface area contributed by atoms with Gasteiger partial charge < -0.3 is 19.3 Å². The summed E-state index contributed by atoms with van der Waals surface area (Å²) in [6.07, 6.45) is 4.35. The summed E-state index contributed by atoms with van der Waals surface area (Å²) in [5, 5.41) is 0. The summed E-state index contributed by atoms with van der Waals surface area (Å²) in [5.74, 6) is 0.943. The van der Waals surface area contributed by atoms with Crippen LogP contribution < -0.4 is 0 Å². The fraction of sp³-hybridized carbons (Fsp3) is 0.882. The van der Waals surface area contributed by atoms with Crippen LogP contribution in [0, 0.1) is 11.8 Å². The number of hydrogen-bond acceptors (Lipinski definition) is 4. The van der Waals surface area contributed by atoms with E-state index in [2.05, 4.69) is 0 Å². The third kappa shape index (κ3) is 4.44. The summed E-state index contributed by atoms with van der Waals surface area (Å²) in [7, 11) is 0. The molecule has 6 heteroatoms. The Balaban J connectivity index is 1.42. The van der Waals surface area contributed by atoms with Gasteiger partial charge in [0, 0.05) is 51.7 Å². The Morgan fingerprint density at radius 1 is 0.870 bits per heavy atom. The number of likely N-dealkylation sites (tertiary alicyclic amines) is 1. The van der Waals surface area contributed by atoms with Crippen molar-refractivity contribution in [3.05, 3.63) is 0 Å². The Kier molecular flexibility index (Phi) is 5.89. The van der Waals surface area contributed by atoms with Gasteiger partial charge in [0.15, 0.2) is 0 Å². The van der Waals surface area contributed by atoms with Crippen LogP contribution in [0.5, 0.6) is 0 Å². The molecule has 0 aliphatic carbocycles. The minimum Gasteiger partial charge on any atom is -0.381 e. The van der Waals surface area contributed by atoms with Crippen molar-refractivity contribution in [3.8, 4) is 0 Å². The van der Waals surface area contributed by atoms with E-state index in [1.807, 2.05) is 9.80 Å². The molecule has 0 saturated carbocycles. The molecule has 3 aliphatic heterocycles. The second-order valence-corrected chi connectivity index (χ2v) is 6.88. The monoisotopic (exact) mass is 324 g/mol. The SMILES string of the molecule is O=C(C[C@@H]1CCCOC1)N1CCC(C(=O)N2CCOCC2)CC1. The normalized spacial score (nSPS) is 27.0. The molecule has 0 radical (unpaired) electrons. The average Bonchev–Trinajstić information content (AvgIpc) is 2.63. The standard InChI is InChI=1S/C17H28N2O4/c20-16(12-14-2-1-9-23-13-14)18-5-3-15(4-6-18)17(21)19-7-10-22-11-8-19/h14-15H,1-13H2/t14-/m0/s1. The molecule has 0 aromatic heterocycles. The van der Waals surface area contributed by atoms with Gasteiger partial charge in [-0.05, 0) is 31.6 Å². The highest BCUT2D eigenvalue weighted by Crippen LogP contribution is 2.23. The van der Waals surface area contributed by atoms with Crippen LogP contribution in [0.15, 0.2) is 0 Å². The number of piperidine rings is 1. The van der Waals surface area contributed by atoms with Crippen molar-refractivity contribution in [2.75, 3.05) is 52.6 Å². The van der Waals surface area contributed by atoms with Gasteiger partial charge in [-0.3, -0.25) is 9.59 Å². The van der Waals surface area contributed by atoms with E-state index in [4.69, 9.17) is 9.47 Å². The van der Waals surface area contributed by atoms with Crippen LogP contribution >= 0.6 is 0 Å². The lowest BCUT2D eigenvalue weighted by atomic mass is 9.93. The lowest BCUT2D eigenvalue weighted by molar-refractivity contribution is -0.144. The molecule has 3 fully saturated rings. The number of rotatable bonds is 3. The number of amides is 2. The minimum atomic E-state index is 0.0789. The number of carbonyl (C=O) groups is 2. The van der Waals surface area contributed by atoms with Crippen molar-refractivity contribution in [2.45, 2.75) is 32.1 Å². The van der Waals surface area contributed by atoms with Crippen LogP contribution in [0.2, 0.25) is 0 Å². The van der Waals surface area contributed by atoms with Crippen LogP contribution in [0.25, 0.3) is 0 Å². The van der Waals surface area contributed by atoms with Gasteiger partial charge in [0.2, 0.25) is 11.8 Å². The Bertz CT molecular complexity index is 409. The van der Waals surface area contributed by atoms with E-state index in [0.29, 0.717) is 51.7 Å². The number of carbonyl (C=O) groups excluding carboxylic acids is 2. The molecule has 3 rings (SSSR count). The number of nitrogens with zero attached hydrogens (tertiary/aromatic N) is 2. The first-order valence-electron chi connectivity index (χ1n) is 8.96. The van der Waals surface area contributed by atoms with Gasteiger partial charge >= 0.3 is 0 Å². The molecule has 0 unspecified atom stereocenters. The molecular weight excluding hydrogens is 296 g/mol. The summed E-state index contributed by atoms with van der Waals surface area (Å²) < 4.78 is 10.8. The summed E-state index contributed by atoms with van der Waals surface area (Å²) in [6, 6.07) is 0. The molecule has 6 nitrogen and oxygen atoms in total. The largest absolute Gasteiger partial charge is 0.381 e. The van der Waals surface area contributed by atoms with Crippen LogP contribution in [0.1, 0.15) is 32.1 Å². The molecule has 2 amide bonds. The zero-order valence-electron chi connectivity index (χ0n) is 13.9. The highest BCUT2D eigenvalue weighted by molar-refractivity contribution is 5.80. The quantitative estimate of drug-likeness (QED) is 0.774. The second kappa shape index (κ2) is 8.11. The number of ether oxygens (including phenoxy) is 2. The Morgan fingerprint density at radius 2 is 1.61 bits per heavy atom. The molecule has 0 spiro atoms. The maximum atomic E-state index is 12.5. The number of morpholine rings is 1. The predicted octanol–water partition coefficient (Wildman–Crippen LogP) is 0.901. The zero-order valence-corrected chi connectivity index (χ0v) is 13.9. The van der Waals surface area contributed by atoms with E-state index in [0.717, 1.165) is 38.9 Å². The van der Waals surface area contributed by atoms with E-state index >= 15 is 0 Å². The lowest BCUT2D eigenvalue weighted by Gasteiger charge is -2.36. The molecule has 0 aromatic carbocycles. The van der Waals surface area contributed by atoms with E-state index in [1.54, 1.807) is 0 Å². The first kappa shape index (κ1) is 16.7. The van der Waals surface area contributed by atoms with Crippen LogP contribution in [-0.2, 0) is 19.1 Å². The molecule has 0 bridgehead atoms. The van der Waals surface area contributed by atoms with Crippen molar-refractivity contribution in [2.24, 2.45) is 11.8 Å². The van der Waals surface area contributed by atoms with Crippen molar-refractivity contribution in [3.63, 3.8) is 0 Å². The smallest absolute Gasteiger partial charge is 0.225 e. The van der Waals surface area contributed by atoms with Crippen molar-refractivity contribution < 1.29 is 19.1 Å². The predicted molar refractivity (Wildman–Crippen MR) is 84.9 cm³/mol. The molecule has 23 heavy (non-hydrogen) atoms. The zero-order chi connectivity index (χ0) is 16.1. The van der Waals surface area contributed by atoms with E-state index < -0.39 is 0 Å². The Hall–Kier alpha value is -1.14. The van der Waals surface area contributed by atoms with Gasteiger partial charge in [-0.15, -0.1) is 0 Å². The topological polar surface area (TPSA) is 59.1 Å². The molecule has 3 heterocycles. The van der Waals surface area contributed by atoms with E-state index in [1.165, 1.54) is 0 Å². The number of hydrogen-bond donors (Lipinski definition) is 0. The molecule has 3 aliphatic rings. The summed E-state index contributed by atoms with van der Waals surface area (Å²) >= 11 is 0. The van der Waals surface area contributed by atoms with Crippen molar-refractivity contribution in [1.29, 1.82) is 0 Å². The lowest BCUT2D eigenvalue weighted by Crippen LogP contribution is -2.47. The first-order valence-corrected chi connectivity index (χ1v) is 8.96. The van der Waals surface area contributed by atoms with Crippen molar-refractivity contribution >= 4 is 11.8 Å². The maximum absolute atomic E-state index is 12.5. The van der Waals surface area contributed by atoms with Gasteiger partial charge in [0.25, 0.3) is 0 Å². The molecule has 0 aromatic rings. The third-order valence-electron chi connectivity index (χ3n) is 5.24. The fourth-order valence-electron chi connectivity index (χ4n) is 3.76. The second-order valence-electron chi connectivity index (χ2n) is 6.88. The van der Waals surface area contributed by atoms with Gasteiger partial charge in [-0.25, -0.2) is 0 Å². The minimum absolute atomic E-state index is 0.0789. The van der Waals surface area contributed by atoms with Gasteiger partial charge in [-0.2, -0.15) is 0 Å². The van der Waals surface area contributed by atoms with E-state index in [-0.39, 0.29) is 17.7 Å². The molecule has 0 N–H and O–H groups in total. The van der Waals surface area contributed by atoms with Crippen LogP contribution in [-0.4, -0.2) is 74.2 Å². The summed E-state index contributed by atoms with van der Waals surface area (Å²) in [6.45, 7) is 5.69. The summed E-state index contributed by atoms with van der Waals surface area (Å²) in [5.41, 5.74) is 0. The fourth-order valence-corrected chi connectivity index (χ4v) is 3.76. The highest BCUT2D eigenvalue weighted by Gasteiger charge is 2.31. The van der Waals surface area contributed by atoms with Crippen molar-refractivity contribution in [1.82, 2.24) is 9.80 Å². The molecule has 130 valence electrons. The first-order chi connectivity index (χ1) is 11.2. The molecular formula is C17H28N2O4. The highest BCUT2D eigenvalue weighted by atomic mass is 16.5. The Morgan fingerprint density at radius 3 is 2.26 bits per heavy atom. The van der Waals surface area contributed by atoms with Gasteiger partial charge in [-0.1, -0.05) is 0 Å². The van der Waals surface area contributed by atoms with Crippen LogP contribution in [0.3, 0.4) is 0 Å². The molecule has 1 atom stereocenters. The van der Waals surface area contributed by atoms with Gasteiger partial charge in [0.1, 0.15) is 0 Å². The van der Waals surface area contributed by atoms with Crippen LogP contribution in [0.4, 0.5) is 0 Å². The average molecular weight is 324 g/mol. The molecule has 3 saturated heterocycles. The Labute approximate surface area is 138 Å². The maximum Gasteiger partial charge on any atom is 0.225 e. The third-order valence-corrected chi connectivity index (χ3v) is 5.24. The van der Waals surface area contributed by atoms with Gasteiger partial charge in [0.05, 0.1) is 13.2 Å². The van der Waals surface area contributed by atoms with E-state index in [9.17, 15) is 9.59 Å².